The number of aliphatic hydroxyl groups is 1. The van der Waals surface area contributed by atoms with Crippen molar-refractivity contribution >= 4 is 34.8 Å². The second kappa shape index (κ2) is 9.33. The number of fused-ring (bicyclic) bond motifs is 2. The number of carboxylic acid groups (broad SMARTS) is 1. The summed E-state index contributed by atoms with van der Waals surface area (Å²) in [6.45, 7) is 5.86. The number of amidine groups is 1. The van der Waals surface area contributed by atoms with Gasteiger partial charge in [-0.1, -0.05) is 6.42 Å². The minimum atomic E-state index is -1.30. The van der Waals surface area contributed by atoms with Crippen LogP contribution in [-0.4, -0.2) is 65.7 Å². The van der Waals surface area contributed by atoms with Gasteiger partial charge in [-0.3, -0.25) is 9.59 Å². The summed E-state index contributed by atoms with van der Waals surface area (Å²) in [6, 6.07) is 3.14. The molecule has 2 aliphatic heterocycles. The van der Waals surface area contributed by atoms with E-state index in [4.69, 9.17) is 10.8 Å². The molecule has 6 N–H and O–H groups in total. The number of nitrogens with zero attached hydrogens (tertiary/aromatic N) is 3. The minimum absolute atomic E-state index is 0.193. The highest BCUT2D eigenvalue weighted by atomic mass is 16.4. The molecule has 0 saturated carbocycles. The molecule has 0 spiro atoms. The van der Waals surface area contributed by atoms with E-state index < -0.39 is 24.3 Å². The van der Waals surface area contributed by atoms with Crippen molar-refractivity contribution in [2.24, 2.45) is 15.7 Å². The monoisotopic (exact) mass is 416 g/mol. The number of aliphatic carboxylic acids is 1. The zero-order valence-corrected chi connectivity index (χ0v) is 17.2. The van der Waals surface area contributed by atoms with Crippen molar-refractivity contribution in [1.82, 2.24) is 10.6 Å². The Kier molecular flexibility index (Phi) is 6.80. The molecular formula is C20H28N6O4. The first kappa shape index (κ1) is 21.9. The normalized spacial score (nSPS) is 18.7. The van der Waals surface area contributed by atoms with Crippen LogP contribution in [0.3, 0.4) is 0 Å². The molecule has 2 aliphatic rings. The standard InChI is InChI=1S/C20H28N6O4/c1-11-9-14-15(10-12(11)2)26(17-16(23-14)18(27)25-20(30)24-17)8-7-22-6-4-3-5-13(21)19(28)29/h9-10,13,20,22,30H,3-8,21H2,1-2H3,(H,25,27)(H,28,29). The molecule has 0 aromatic heterocycles. The van der Waals surface area contributed by atoms with Crippen molar-refractivity contribution in [2.45, 2.75) is 45.5 Å². The Hall–Kier alpha value is -2.82. The van der Waals surface area contributed by atoms with Gasteiger partial charge in [0.25, 0.3) is 5.91 Å². The number of nitrogens with one attached hydrogen (secondary N) is 2. The van der Waals surface area contributed by atoms with Crippen molar-refractivity contribution < 1.29 is 19.8 Å². The first-order valence-corrected chi connectivity index (χ1v) is 10.0. The molecule has 0 aliphatic carbocycles. The van der Waals surface area contributed by atoms with Gasteiger partial charge in [0, 0.05) is 13.1 Å². The van der Waals surface area contributed by atoms with E-state index in [2.05, 4.69) is 20.6 Å². The Morgan fingerprint density at radius 2 is 2.03 bits per heavy atom. The van der Waals surface area contributed by atoms with E-state index in [0.29, 0.717) is 31.0 Å². The van der Waals surface area contributed by atoms with Crippen molar-refractivity contribution in [3.8, 4) is 0 Å². The number of unbranched alkanes of at least 4 members (excludes halogenated alkanes) is 1. The highest BCUT2D eigenvalue weighted by Crippen LogP contribution is 2.36. The molecule has 0 radical (unpaired) electrons. The first-order chi connectivity index (χ1) is 14.3. The van der Waals surface area contributed by atoms with Crippen molar-refractivity contribution in [3.05, 3.63) is 23.3 Å². The molecule has 1 aromatic carbocycles. The number of aliphatic hydroxyl groups excluding tert-OH is 1. The fraction of sp³-hybridized carbons (Fsp3) is 0.500. The highest BCUT2D eigenvalue weighted by molar-refractivity contribution is 6.70. The van der Waals surface area contributed by atoms with Crippen LogP contribution in [-0.2, 0) is 9.59 Å². The van der Waals surface area contributed by atoms with Gasteiger partial charge in [-0.25, -0.2) is 9.98 Å². The molecular weight excluding hydrogens is 388 g/mol. The third-order valence-corrected chi connectivity index (χ3v) is 5.25. The minimum Gasteiger partial charge on any atom is -0.480 e. The maximum absolute atomic E-state index is 12.3. The number of hydrogen-bond donors (Lipinski definition) is 5. The van der Waals surface area contributed by atoms with E-state index >= 15 is 0 Å². The first-order valence-electron chi connectivity index (χ1n) is 10.0. The van der Waals surface area contributed by atoms with Crippen LogP contribution in [0.25, 0.3) is 0 Å². The summed E-state index contributed by atoms with van der Waals surface area (Å²) in [5.41, 5.74) is 9.41. The van der Waals surface area contributed by atoms with Crippen LogP contribution in [0.4, 0.5) is 11.4 Å². The summed E-state index contributed by atoms with van der Waals surface area (Å²) < 4.78 is 0. The number of carbonyl (C=O) groups excluding carboxylic acids is 1. The molecule has 2 atom stereocenters. The molecule has 3 rings (SSSR count). The lowest BCUT2D eigenvalue weighted by Gasteiger charge is -2.34. The van der Waals surface area contributed by atoms with Gasteiger partial charge in [-0.05, 0) is 56.5 Å². The summed E-state index contributed by atoms with van der Waals surface area (Å²) in [4.78, 5) is 33.6. The van der Waals surface area contributed by atoms with Gasteiger partial charge < -0.3 is 31.5 Å². The maximum atomic E-state index is 12.3. The third kappa shape index (κ3) is 4.84. The third-order valence-electron chi connectivity index (χ3n) is 5.25. The quantitative estimate of drug-likeness (QED) is 0.360. The van der Waals surface area contributed by atoms with Gasteiger partial charge in [-0.2, -0.15) is 0 Å². The van der Waals surface area contributed by atoms with Crippen molar-refractivity contribution in [1.29, 1.82) is 0 Å². The number of carboxylic acids is 1. The number of amides is 1. The molecule has 162 valence electrons. The van der Waals surface area contributed by atoms with Crippen LogP contribution in [0.2, 0.25) is 0 Å². The molecule has 1 aromatic rings. The molecule has 0 fully saturated rings. The van der Waals surface area contributed by atoms with Crippen molar-refractivity contribution in [3.63, 3.8) is 0 Å². The van der Waals surface area contributed by atoms with Crippen LogP contribution in [0.1, 0.15) is 30.4 Å². The number of carbonyl (C=O) groups is 2. The number of benzene rings is 1. The van der Waals surface area contributed by atoms with Crippen LogP contribution < -0.4 is 21.3 Å². The average Bonchev–Trinajstić information content (AvgIpc) is 2.68. The smallest absolute Gasteiger partial charge is 0.320 e. The Balaban J connectivity index is 1.66. The van der Waals surface area contributed by atoms with Gasteiger partial charge >= 0.3 is 5.97 Å². The van der Waals surface area contributed by atoms with Gasteiger partial charge in [0.2, 0.25) is 6.35 Å². The SMILES string of the molecule is Cc1cc2c(cc1C)N(CCNCCCCC(N)C(=O)O)C1=NC(O)NC(=O)C1=N2. The topological polar surface area (TPSA) is 153 Å². The second-order valence-electron chi connectivity index (χ2n) is 7.53. The number of aryl methyl sites for hydroxylation is 2. The average molecular weight is 416 g/mol. The van der Waals surface area contributed by atoms with E-state index in [0.717, 1.165) is 36.2 Å². The van der Waals surface area contributed by atoms with Crippen molar-refractivity contribution in [2.75, 3.05) is 24.5 Å². The van der Waals surface area contributed by atoms with Crippen LogP contribution in [0.5, 0.6) is 0 Å². The zero-order chi connectivity index (χ0) is 21.8. The molecule has 0 saturated heterocycles. The molecule has 30 heavy (non-hydrogen) atoms. The van der Waals surface area contributed by atoms with Gasteiger partial charge in [-0.15, -0.1) is 0 Å². The lowest BCUT2D eigenvalue weighted by Crippen LogP contribution is -2.54. The highest BCUT2D eigenvalue weighted by Gasteiger charge is 2.35. The Morgan fingerprint density at radius 1 is 1.30 bits per heavy atom. The molecule has 10 nitrogen and oxygen atoms in total. The fourth-order valence-corrected chi connectivity index (χ4v) is 3.40. The number of nitrogens with two attached hydrogens (primary N) is 1. The van der Waals surface area contributed by atoms with Gasteiger partial charge in [0.1, 0.15) is 6.04 Å². The Bertz CT molecular complexity index is 898. The number of rotatable bonds is 9. The number of aliphatic imine (C=N–C) groups is 2. The Labute approximate surface area is 174 Å². The predicted molar refractivity (Wildman–Crippen MR) is 114 cm³/mol. The lowest BCUT2D eigenvalue weighted by molar-refractivity contribution is -0.138. The maximum Gasteiger partial charge on any atom is 0.320 e. The van der Waals surface area contributed by atoms with Crippen LogP contribution in [0, 0.1) is 13.8 Å². The van der Waals surface area contributed by atoms with Gasteiger partial charge in [0.15, 0.2) is 11.5 Å². The largest absolute Gasteiger partial charge is 0.480 e. The number of anilines is 1. The van der Waals surface area contributed by atoms with E-state index in [1.807, 2.05) is 30.9 Å². The lowest BCUT2D eigenvalue weighted by atomic mass is 10.0. The summed E-state index contributed by atoms with van der Waals surface area (Å²) in [5, 5.41) is 24.4. The van der Waals surface area contributed by atoms with E-state index in [9.17, 15) is 14.7 Å². The molecule has 0 bridgehead atoms. The molecule has 10 heteroatoms. The van der Waals surface area contributed by atoms with E-state index in [1.54, 1.807) is 0 Å². The Morgan fingerprint density at radius 3 is 2.77 bits per heavy atom. The van der Waals surface area contributed by atoms with Crippen LogP contribution >= 0.6 is 0 Å². The molecule has 1 amide bonds. The number of hydrogen-bond acceptors (Lipinski definition) is 8. The summed E-state index contributed by atoms with van der Waals surface area (Å²) >= 11 is 0. The zero-order valence-electron chi connectivity index (χ0n) is 17.2. The predicted octanol–water partition coefficient (Wildman–Crippen LogP) is 0.172. The fourth-order valence-electron chi connectivity index (χ4n) is 3.40. The summed E-state index contributed by atoms with van der Waals surface area (Å²) in [7, 11) is 0. The summed E-state index contributed by atoms with van der Waals surface area (Å²) in [5.74, 6) is -1.07. The van der Waals surface area contributed by atoms with Crippen LogP contribution in [0.15, 0.2) is 22.1 Å². The van der Waals surface area contributed by atoms with E-state index in [-0.39, 0.29) is 5.71 Å². The summed E-state index contributed by atoms with van der Waals surface area (Å²) in [6.07, 6.45) is 0.679. The van der Waals surface area contributed by atoms with E-state index in [1.165, 1.54) is 0 Å². The molecule has 2 unspecified atom stereocenters. The molecule has 2 heterocycles. The van der Waals surface area contributed by atoms with Gasteiger partial charge in [0.05, 0.1) is 11.4 Å². The second-order valence-corrected chi connectivity index (χ2v) is 7.53.